The zero-order chi connectivity index (χ0) is 14.0. The molecule has 0 aliphatic heterocycles. The van der Waals surface area contributed by atoms with E-state index in [9.17, 15) is 9.90 Å². The van der Waals surface area contributed by atoms with Gasteiger partial charge < -0.3 is 15.4 Å². The van der Waals surface area contributed by atoms with Crippen LogP contribution < -0.4 is 10.9 Å². The lowest BCUT2D eigenvalue weighted by Crippen LogP contribution is -2.49. The molecule has 3 rings (SSSR count). The fourth-order valence-electron chi connectivity index (χ4n) is 2.90. The molecule has 0 spiro atoms. The SMILES string of the molecule is O=c1[nH]c(CNC2(CO)CCCCC2)nc2ccsc12. The van der Waals surface area contributed by atoms with Gasteiger partial charge in [-0.1, -0.05) is 19.3 Å². The molecule has 1 fully saturated rings. The van der Waals surface area contributed by atoms with E-state index in [-0.39, 0.29) is 17.7 Å². The minimum Gasteiger partial charge on any atom is -0.394 e. The molecule has 0 aromatic carbocycles. The van der Waals surface area contributed by atoms with Crippen LogP contribution in [0.25, 0.3) is 10.2 Å². The third-order valence-electron chi connectivity index (χ3n) is 4.11. The molecule has 3 N–H and O–H groups in total. The van der Waals surface area contributed by atoms with Crippen LogP contribution in [0, 0.1) is 0 Å². The Hall–Kier alpha value is -1.24. The summed E-state index contributed by atoms with van der Waals surface area (Å²) in [5, 5.41) is 14.9. The number of nitrogens with one attached hydrogen (secondary N) is 2. The minimum atomic E-state index is -0.208. The number of hydrogen-bond donors (Lipinski definition) is 3. The first-order chi connectivity index (χ1) is 9.72. The van der Waals surface area contributed by atoms with Gasteiger partial charge in [0, 0.05) is 5.54 Å². The summed E-state index contributed by atoms with van der Waals surface area (Å²) in [6.45, 7) is 0.625. The maximum Gasteiger partial charge on any atom is 0.268 e. The zero-order valence-corrected chi connectivity index (χ0v) is 12.1. The van der Waals surface area contributed by atoms with Gasteiger partial charge in [0.25, 0.3) is 5.56 Å². The number of aromatic amines is 1. The van der Waals surface area contributed by atoms with Gasteiger partial charge in [0.05, 0.1) is 18.7 Å². The van der Waals surface area contributed by atoms with Gasteiger partial charge in [-0.3, -0.25) is 4.79 Å². The maximum atomic E-state index is 11.9. The van der Waals surface area contributed by atoms with E-state index < -0.39 is 0 Å². The van der Waals surface area contributed by atoms with Gasteiger partial charge in [-0.25, -0.2) is 4.98 Å². The van der Waals surface area contributed by atoms with Crippen LogP contribution in [0.1, 0.15) is 37.9 Å². The first-order valence-corrected chi connectivity index (χ1v) is 7.93. The molecule has 0 saturated heterocycles. The summed E-state index contributed by atoms with van der Waals surface area (Å²) in [5.41, 5.74) is 0.459. The monoisotopic (exact) mass is 293 g/mol. The van der Waals surface area contributed by atoms with Crippen LogP contribution in [0.4, 0.5) is 0 Å². The number of aliphatic hydroxyl groups is 1. The molecule has 0 atom stereocenters. The van der Waals surface area contributed by atoms with E-state index >= 15 is 0 Å². The lowest BCUT2D eigenvalue weighted by atomic mass is 9.82. The summed E-state index contributed by atoms with van der Waals surface area (Å²) >= 11 is 1.41. The Morgan fingerprint density at radius 3 is 2.95 bits per heavy atom. The molecule has 2 heterocycles. The summed E-state index contributed by atoms with van der Waals surface area (Å²) in [6.07, 6.45) is 5.48. The highest BCUT2D eigenvalue weighted by Crippen LogP contribution is 2.27. The van der Waals surface area contributed by atoms with E-state index in [4.69, 9.17) is 0 Å². The van der Waals surface area contributed by atoms with E-state index in [0.29, 0.717) is 17.1 Å². The molecule has 1 aliphatic rings. The van der Waals surface area contributed by atoms with Crippen molar-refractivity contribution in [3.05, 3.63) is 27.6 Å². The summed E-state index contributed by atoms with van der Waals surface area (Å²) in [5.74, 6) is 0.638. The van der Waals surface area contributed by atoms with Crippen molar-refractivity contribution in [1.82, 2.24) is 15.3 Å². The molecule has 20 heavy (non-hydrogen) atoms. The van der Waals surface area contributed by atoms with E-state index in [1.807, 2.05) is 11.4 Å². The molecule has 2 aromatic rings. The first kappa shape index (κ1) is 13.7. The second kappa shape index (κ2) is 5.63. The molecule has 0 bridgehead atoms. The molecule has 6 heteroatoms. The largest absolute Gasteiger partial charge is 0.394 e. The van der Waals surface area contributed by atoms with Crippen molar-refractivity contribution >= 4 is 21.6 Å². The number of thiophene rings is 1. The van der Waals surface area contributed by atoms with Gasteiger partial charge in [0.1, 0.15) is 10.5 Å². The molecular weight excluding hydrogens is 274 g/mol. The van der Waals surface area contributed by atoms with Crippen LogP contribution >= 0.6 is 11.3 Å². The fraction of sp³-hybridized carbons (Fsp3) is 0.571. The number of hydrogen-bond acceptors (Lipinski definition) is 5. The van der Waals surface area contributed by atoms with Crippen LogP contribution in [0.2, 0.25) is 0 Å². The van der Waals surface area contributed by atoms with E-state index in [1.165, 1.54) is 17.8 Å². The Morgan fingerprint density at radius 2 is 2.20 bits per heavy atom. The van der Waals surface area contributed by atoms with Crippen LogP contribution in [0.15, 0.2) is 16.2 Å². The standard InChI is InChI=1S/C14H19N3O2S/c18-9-14(5-2-1-3-6-14)15-8-11-16-10-4-7-20-12(10)13(19)17-11/h4,7,15,18H,1-3,5-6,8-9H2,(H,16,17,19). The third kappa shape index (κ3) is 2.63. The van der Waals surface area contributed by atoms with Crippen molar-refractivity contribution < 1.29 is 5.11 Å². The fourth-order valence-corrected chi connectivity index (χ4v) is 3.62. The molecule has 1 aliphatic carbocycles. The highest BCUT2D eigenvalue weighted by atomic mass is 32.1. The Labute approximate surface area is 121 Å². The van der Waals surface area contributed by atoms with Gasteiger partial charge >= 0.3 is 0 Å². The number of fused-ring (bicyclic) bond motifs is 1. The normalized spacial score (nSPS) is 18.4. The molecule has 2 aromatic heterocycles. The van der Waals surface area contributed by atoms with E-state index in [0.717, 1.165) is 31.2 Å². The summed E-state index contributed by atoms with van der Waals surface area (Å²) in [6, 6.07) is 1.86. The van der Waals surface area contributed by atoms with Crippen molar-refractivity contribution in [1.29, 1.82) is 0 Å². The number of aliphatic hydroxyl groups excluding tert-OH is 1. The van der Waals surface area contributed by atoms with Gasteiger partial charge in [-0.2, -0.15) is 0 Å². The van der Waals surface area contributed by atoms with E-state index in [2.05, 4.69) is 15.3 Å². The zero-order valence-electron chi connectivity index (χ0n) is 11.3. The maximum absolute atomic E-state index is 11.9. The van der Waals surface area contributed by atoms with Crippen molar-refractivity contribution in [3.63, 3.8) is 0 Å². The highest BCUT2D eigenvalue weighted by Gasteiger charge is 2.30. The summed E-state index contributed by atoms with van der Waals surface area (Å²) < 4.78 is 0.670. The number of nitrogens with zero attached hydrogens (tertiary/aromatic N) is 1. The molecule has 108 valence electrons. The quantitative estimate of drug-likeness (QED) is 0.803. The minimum absolute atomic E-state index is 0.0801. The van der Waals surface area contributed by atoms with Gasteiger partial charge in [-0.15, -0.1) is 11.3 Å². The van der Waals surface area contributed by atoms with E-state index in [1.54, 1.807) is 0 Å². The predicted octanol–water partition coefficient (Wildman–Crippen LogP) is 1.77. The number of H-pyrrole nitrogens is 1. The lowest BCUT2D eigenvalue weighted by molar-refractivity contribution is 0.119. The highest BCUT2D eigenvalue weighted by molar-refractivity contribution is 7.17. The molecule has 0 radical (unpaired) electrons. The average Bonchev–Trinajstić information content (AvgIpc) is 2.95. The predicted molar refractivity (Wildman–Crippen MR) is 80.0 cm³/mol. The van der Waals surface area contributed by atoms with Crippen LogP contribution in [0.3, 0.4) is 0 Å². The first-order valence-electron chi connectivity index (χ1n) is 7.05. The summed E-state index contributed by atoms with van der Waals surface area (Å²) in [4.78, 5) is 19.2. The number of aromatic nitrogens is 2. The Kier molecular flexibility index (Phi) is 3.87. The molecule has 5 nitrogen and oxygen atoms in total. The Balaban J connectivity index is 1.77. The second-order valence-corrected chi connectivity index (χ2v) is 6.42. The molecular formula is C14H19N3O2S. The van der Waals surface area contributed by atoms with Gasteiger partial charge in [-0.05, 0) is 24.3 Å². The summed E-state index contributed by atoms with van der Waals surface area (Å²) in [7, 11) is 0. The topological polar surface area (TPSA) is 78.0 Å². The Morgan fingerprint density at radius 1 is 1.40 bits per heavy atom. The number of rotatable bonds is 4. The van der Waals surface area contributed by atoms with Crippen molar-refractivity contribution in [2.45, 2.75) is 44.2 Å². The smallest absolute Gasteiger partial charge is 0.268 e. The third-order valence-corrected chi connectivity index (χ3v) is 5.01. The van der Waals surface area contributed by atoms with Gasteiger partial charge in [0.2, 0.25) is 0 Å². The van der Waals surface area contributed by atoms with Crippen LogP contribution in [-0.2, 0) is 6.54 Å². The lowest BCUT2D eigenvalue weighted by Gasteiger charge is -2.36. The van der Waals surface area contributed by atoms with Crippen LogP contribution in [0.5, 0.6) is 0 Å². The molecule has 0 unspecified atom stereocenters. The van der Waals surface area contributed by atoms with Crippen molar-refractivity contribution in [2.75, 3.05) is 6.61 Å². The van der Waals surface area contributed by atoms with Crippen molar-refractivity contribution in [2.24, 2.45) is 0 Å². The second-order valence-electron chi connectivity index (χ2n) is 5.50. The Bertz CT molecular complexity index is 643. The van der Waals surface area contributed by atoms with Gasteiger partial charge in [0.15, 0.2) is 0 Å². The van der Waals surface area contributed by atoms with Crippen molar-refractivity contribution in [3.8, 4) is 0 Å². The molecule has 0 amide bonds. The molecule has 1 saturated carbocycles. The average molecular weight is 293 g/mol. The van der Waals surface area contributed by atoms with Crippen LogP contribution in [-0.4, -0.2) is 27.2 Å².